The summed E-state index contributed by atoms with van der Waals surface area (Å²) in [6, 6.07) is 17.7. The molecule has 2 rings (SSSR count). The average molecular weight is 280 g/mol. The van der Waals surface area contributed by atoms with Gasteiger partial charge in [-0.25, -0.2) is 0 Å². The van der Waals surface area contributed by atoms with E-state index in [2.05, 4.69) is 35.5 Å². The normalized spacial score (nSPS) is 9.90. The molecule has 0 bridgehead atoms. The number of nitrogens with one attached hydrogen (secondary N) is 1. The molecule has 3 N–H and O–H groups in total. The molecule has 0 unspecified atom stereocenters. The molecular formula is C17H20N4. The summed E-state index contributed by atoms with van der Waals surface area (Å²) in [5.74, 6) is 0. The minimum Gasteiger partial charge on any atom is -0.397 e. The van der Waals surface area contributed by atoms with Crippen molar-refractivity contribution in [3.63, 3.8) is 0 Å². The van der Waals surface area contributed by atoms with Gasteiger partial charge in [0.1, 0.15) is 0 Å². The first-order chi connectivity index (χ1) is 10.2. The molecule has 0 aliphatic rings. The summed E-state index contributed by atoms with van der Waals surface area (Å²) in [7, 11) is 2.08. The fourth-order valence-electron chi connectivity index (χ4n) is 2.13. The topological polar surface area (TPSA) is 65.1 Å². The van der Waals surface area contributed by atoms with Gasteiger partial charge in [-0.2, -0.15) is 5.26 Å². The van der Waals surface area contributed by atoms with E-state index in [-0.39, 0.29) is 0 Å². The highest BCUT2D eigenvalue weighted by atomic mass is 15.1. The standard InChI is InChI=1S/C17H20N4/c1-21(15-6-3-2-4-7-15)11-5-10-20-17-12-14(13-18)8-9-16(17)19/h2-4,6-9,12,20H,5,10-11,19H2,1H3. The minimum atomic E-state index is 0.619. The van der Waals surface area contributed by atoms with Gasteiger partial charge in [0.05, 0.1) is 23.0 Å². The van der Waals surface area contributed by atoms with Crippen LogP contribution in [0.15, 0.2) is 48.5 Å². The molecule has 0 heterocycles. The van der Waals surface area contributed by atoms with Crippen LogP contribution in [0, 0.1) is 11.3 Å². The smallest absolute Gasteiger partial charge is 0.0992 e. The number of nitrogen functional groups attached to an aromatic ring is 1. The molecule has 0 aliphatic carbocycles. The second kappa shape index (κ2) is 7.20. The Kier molecular flexibility index (Phi) is 5.05. The molecule has 0 aliphatic heterocycles. The summed E-state index contributed by atoms with van der Waals surface area (Å²) in [5, 5.41) is 12.2. The molecule has 0 spiro atoms. The molecule has 0 radical (unpaired) electrons. The third kappa shape index (κ3) is 4.15. The summed E-state index contributed by atoms with van der Waals surface area (Å²) in [6.45, 7) is 1.77. The van der Waals surface area contributed by atoms with Crippen LogP contribution in [0.3, 0.4) is 0 Å². The Balaban J connectivity index is 1.81. The quantitative estimate of drug-likeness (QED) is 0.630. The maximum Gasteiger partial charge on any atom is 0.0992 e. The van der Waals surface area contributed by atoms with Crippen LogP contribution in [0.1, 0.15) is 12.0 Å². The number of benzene rings is 2. The third-order valence-electron chi connectivity index (χ3n) is 3.37. The van der Waals surface area contributed by atoms with Crippen molar-refractivity contribution >= 4 is 17.1 Å². The van der Waals surface area contributed by atoms with Gasteiger partial charge in [-0.15, -0.1) is 0 Å². The Labute approximate surface area is 125 Å². The molecule has 4 nitrogen and oxygen atoms in total. The number of rotatable bonds is 6. The summed E-state index contributed by atoms with van der Waals surface area (Å²) in [4.78, 5) is 2.22. The molecule has 0 saturated carbocycles. The molecule has 0 amide bonds. The molecule has 0 fully saturated rings. The van der Waals surface area contributed by atoms with Crippen molar-refractivity contribution in [2.24, 2.45) is 0 Å². The van der Waals surface area contributed by atoms with Crippen LogP contribution in [0.4, 0.5) is 17.1 Å². The Morgan fingerprint density at radius 2 is 1.95 bits per heavy atom. The number of hydrogen-bond acceptors (Lipinski definition) is 4. The lowest BCUT2D eigenvalue weighted by Gasteiger charge is -2.19. The Bertz CT molecular complexity index is 616. The second-order valence-corrected chi connectivity index (χ2v) is 4.95. The van der Waals surface area contributed by atoms with Crippen molar-refractivity contribution in [1.29, 1.82) is 5.26 Å². The first-order valence-corrected chi connectivity index (χ1v) is 7.00. The highest BCUT2D eigenvalue weighted by molar-refractivity contribution is 5.68. The van der Waals surface area contributed by atoms with Crippen molar-refractivity contribution < 1.29 is 0 Å². The fraction of sp³-hybridized carbons (Fsp3) is 0.235. The maximum absolute atomic E-state index is 8.90. The van der Waals surface area contributed by atoms with Crippen LogP contribution >= 0.6 is 0 Å². The summed E-state index contributed by atoms with van der Waals surface area (Å²) < 4.78 is 0. The summed E-state index contributed by atoms with van der Waals surface area (Å²) in [5.41, 5.74) is 9.23. The van der Waals surface area contributed by atoms with E-state index in [4.69, 9.17) is 11.0 Å². The highest BCUT2D eigenvalue weighted by Gasteiger charge is 2.02. The van der Waals surface area contributed by atoms with E-state index in [1.54, 1.807) is 18.2 Å². The van der Waals surface area contributed by atoms with Crippen molar-refractivity contribution in [2.75, 3.05) is 36.1 Å². The van der Waals surface area contributed by atoms with Gasteiger partial charge in [-0.1, -0.05) is 18.2 Å². The van der Waals surface area contributed by atoms with Gasteiger partial charge >= 0.3 is 0 Å². The Morgan fingerprint density at radius 1 is 1.19 bits per heavy atom. The first-order valence-electron chi connectivity index (χ1n) is 7.00. The van der Waals surface area contributed by atoms with Crippen LogP contribution in [0.5, 0.6) is 0 Å². The highest BCUT2D eigenvalue weighted by Crippen LogP contribution is 2.19. The molecule has 108 valence electrons. The molecule has 0 atom stereocenters. The molecule has 4 heteroatoms. The summed E-state index contributed by atoms with van der Waals surface area (Å²) >= 11 is 0. The number of nitrogens with two attached hydrogens (primary N) is 1. The van der Waals surface area contributed by atoms with E-state index in [0.717, 1.165) is 25.2 Å². The number of anilines is 3. The predicted molar refractivity (Wildman–Crippen MR) is 88.4 cm³/mol. The fourth-order valence-corrected chi connectivity index (χ4v) is 2.13. The zero-order chi connectivity index (χ0) is 15.1. The molecule has 21 heavy (non-hydrogen) atoms. The van der Waals surface area contributed by atoms with Crippen molar-refractivity contribution in [1.82, 2.24) is 0 Å². The maximum atomic E-state index is 8.90. The molecule has 0 aromatic heterocycles. The summed E-state index contributed by atoms with van der Waals surface area (Å²) in [6.07, 6.45) is 0.988. The van der Waals surface area contributed by atoms with E-state index in [9.17, 15) is 0 Å². The van der Waals surface area contributed by atoms with Crippen molar-refractivity contribution in [3.05, 3.63) is 54.1 Å². The van der Waals surface area contributed by atoms with E-state index in [1.807, 2.05) is 18.2 Å². The molecule has 0 saturated heterocycles. The first kappa shape index (κ1) is 14.7. The van der Waals surface area contributed by atoms with Crippen molar-refractivity contribution in [3.8, 4) is 6.07 Å². The van der Waals surface area contributed by atoms with E-state index in [1.165, 1.54) is 5.69 Å². The van der Waals surface area contributed by atoms with Gasteiger partial charge in [0.2, 0.25) is 0 Å². The molecular weight excluding hydrogens is 260 g/mol. The van der Waals surface area contributed by atoms with Gasteiger partial charge in [-0.3, -0.25) is 0 Å². The van der Waals surface area contributed by atoms with Gasteiger partial charge < -0.3 is 16.0 Å². The molecule has 2 aromatic rings. The van der Waals surface area contributed by atoms with Gasteiger partial charge in [-0.05, 0) is 36.8 Å². The van der Waals surface area contributed by atoms with Gasteiger partial charge in [0.15, 0.2) is 0 Å². The zero-order valence-electron chi connectivity index (χ0n) is 12.2. The van der Waals surface area contributed by atoms with Gasteiger partial charge in [0, 0.05) is 25.8 Å². The van der Waals surface area contributed by atoms with Crippen molar-refractivity contribution in [2.45, 2.75) is 6.42 Å². The van der Waals surface area contributed by atoms with Crippen LogP contribution in [-0.2, 0) is 0 Å². The predicted octanol–water partition coefficient (Wildman–Crippen LogP) is 3.08. The average Bonchev–Trinajstić information content (AvgIpc) is 2.53. The lowest BCUT2D eigenvalue weighted by atomic mass is 10.2. The van der Waals surface area contributed by atoms with Crippen LogP contribution < -0.4 is 16.0 Å². The number of para-hydroxylation sites is 1. The monoisotopic (exact) mass is 280 g/mol. The minimum absolute atomic E-state index is 0.619. The number of nitrogens with zero attached hydrogens (tertiary/aromatic N) is 2. The van der Waals surface area contributed by atoms with E-state index < -0.39 is 0 Å². The lowest BCUT2D eigenvalue weighted by Crippen LogP contribution is -2.20. The largest absolute Gasteiger partial charge is 0.397 e. The number of hydrogen-bond donors (Lipinski definition) is 2. The molecule has 2 aromatic carbocycles. The second-order valence-electron chi connectivity index (χ2n) is 4.95. The van der Waals surface area contributed by atoms with Gasteiger partial charge in [0.25, 0.3) is 0 Å². The van der Waals surface area contributed by atoms with E-state index >= 15 is 0 Å². The number of nitriles is 1. The zero-order valence-corrected chi connectivity index (χ0v) is 12.2. The van der Waals surface area contributed by atoms with Crippen LogP contribution in [-0.4, -0.2) is 20.1 Å². The van der Waals surface area contributed by atoms with Crippen LogP contribution in [0.25, 0.3) is 0 Å². The Hall–Kier alpha value is -2.67. The van der Waals surface area contributed by atoms with Crippen LogP contribution in [0.2, 0.25) is 0 Å². The SMILES string of the molecule is CN(CCCNc1cc(C#N)ccc1N)c1ccccc1. The van der Waals surface area contributed by atoms with E-state index in [0.29, 0.717) is 11.3 Å². The third-order valence-corrected chi connectivity index (χ3v) is 3.37. The lowest BCUT2D eigenvalue weighted by molar-refractivity contribution is 0.817. The Morgan fingerprint density at radius 3 is 2.67 bits per heavy atom.